The first-order chi connectivity index (χ1) is 27.2. The molecule has 323 valence electrons. The summed E-state index contributed by atoms with van der Waals surface area (Å²) in [5, 5.41) is 9.00. The Balaban J connectivity index is 0.00000744. The maximum atomic E-state index is 14.4. The summed E-state index contributed by atoms with van der Waals surface area (Å²) in [6.07, 6.45) is 6.48. The second-order valence-corrected chi connectivity index (χ2v) is 17.9. The van der Waals surface area contributed by atoms with Gasteiger partial charge in [0.2, 0.25) is 23.6 Å². The molecule has 3 heterocycles. The fourth-order valence-corrected chi connectivity index (χ4v) is 10.4. The summed E-state index contributed by atoms with van der Waals surface area (Å²) >= 11 is 1.47. The van der Waals surface area contributed by atoms with Crippen LogP contribution in [0.5, 0.6) is 0 Å². The summed E-state index contributed by atoms with van der Waals surface area (Å²) in [6.45, 7) is 10.4. The zero-order chi connectivity index (χ0) is 41.6. The summed E-state index contributed by atoms with van der Waals surface area (Å²) in [4.78, 5) is 66.5. The standard InChI is InChI=1S/C43H66N7O6S.Re/c1-10-26(4)37(49(7)43(54)36(25(2)3)47-41(53)38-29-16-17-31(23-29)48(38)6)34(55-8)24-35(51)50-19-12-15-33(50)39(56-9)27(5)40(52)46-32(42-45-18-20-57-42)22-28-13-11-14-30(44)21-28;/h11,13-14,18,20-21,25-27,29,31-34,36-39,44H,10,12,15-17,19,22-24H2,1-9H3,(H,46,52)(H,47,53);/q-1;. The summed E-state index contributed by atoms with van der Waals surface area (Å²) in [6, 6.07) is 5.65. The number of carbonyl (C=O) groups is 4. The largest absolute Gasteiger partial charge is 0.699 e. The summed E-state index contributed by atoms with van der Waals surface area (Å²) in [5.41, 5.74) is 9.38. The molecule has 2 aliphatic heterocycles. The van der Waals surface area contributed by atoms with E-state index in [4.69, 9.17) is 15.2 Å². The number of ether oxygens (including phenoxy) is 2. The molecular formula is C43H66N7O6ReS-. The van der Waals surface area contributed by atoms with E-state index in [0.717, 1.165) is 42.7 Å². The Morgan fingerprint density at radius 1 is 1.07 bits per heavy atom. The van der Waals surface area contributed by atoms with Gasteiger partial charge in [0, 0.05) is 65.9 Å². The molecule has 3 fully saturated rings. The van der Waals surface area contributed by atoms with E-state index < -0.39 is 30.2 Å². The normalized spacial score (nSPS) is 24.0. The van der Waals surface area contributed by atoms with Gasteiger partial charge >= 0.3 is 0 Å². The second-order valence-electron chi connectivity index (χ2n) is 17.0. The van der Waals surface area contributed by atoms with Gasteiger partial charge in [-0.05, 0) is 68.9 Å². The van der Waals surface area contributed by atoms with Crippen molar-refractivity contribution in [2.24, 2.45) is 23.7 Å². The van der Waals surface area contributed by atoms with Gasteiger partial charge in [0.25, 0.3) is 0 Å². The van der Waals surface area contributed by atoms with E-state index in [0.29, 0.717) is 37.0 Å². The van der Waals surface area contributed by atoms with Crippen molar-refractivity contribution in [3.63, 3.8) is 0 Å². The first-order valence-corrected chi connectivity index (χ1v) is 21.7. The van der Waals surface area contributed by atoms with Crippen LogP contribution >= 0.6 is 11.3 Å². The van der Waals surface area contributed by atoms with Gasteiger partial charge in [-0.1, -0.05) is 65.3 Å². The predicted molar refractivity (Wildman–Crippen MR) is 223 cm³/mol. The van der Waals surface area contributed by atoms with Crippen molar-refractivity contribution in [3.05, 3.63) is 52.1 Å². The third-order valence-corrected chi connectivity index (χ3v) is 14.0. The van der Waals surface area contributed by atoms with Gasteiger partial charge in [-0.2, -0.15) is 0 Å². The van der Waals surface area contributed by atoms with Gasteiger partial charge in [-0.25, -0.2) is 4.98 Å². The Bertz CT molecular complexity index is 1660. The topological polar surface area (TPSA) is 157 Å². The van der Waals surface area contributed by atoms with E-state index in [1.165, 1.54) is 11.3 Å². The zero-order valence-corrected chi connectivity index (χ0v) is 39.3. The quantitative estimate of drug-likeness (QED) is 0.180. The van der Waals surface area contributed by atoms with Gasteiger partial charge < -0.3 is 35.6 Å². The minimum absolute atomic E-state index is 0. The van der Waals surface area contributed by atoms with E-state index in [9.17, 15) is 19.2 Å². The molecule has 1 aliphatic carbocycles. The third kappa shape index (κ3) is 10.9. The van der Waals surface area contributed by atoms with Crippen LogP contribution in [0.3, 0.4) is 0 Å². The molecular weight excluding hydrogens is 929 g/mol. The summed E-state index contributed by atoms with van der Waals surface area (Å²) < 4.78 is 12.1. The molecule has 13 nitrogen and oxygen atoms in total. The Kier molecular flexibility index (Phi) is 17.7. The number of methoxy groups -OCH3 is 2. The van der Waals surface area contributed by atoms with Crippen LogP contribution in [0.15, 0.2) is 35.8 Å². The smallest absolute Gasteiger partial charge is 0.245 e. The molecule has 2 saturated heterocycles. The first-order valence-electron chi connectivity index (χ1n) is 20.8. The molecule has 2 bridgehead atoms. The van der Waals surface area contributed by atoms with Crippen LogP contribution < -0.4 is 10.6 Å². The summed E-state index contributed by atoms with van der Waals surface area (Å²) in [5.74, 6) is -1.00. The van der Waals surface area contributed by atoms with Gasteiger partial charge in [0.05, 0.1) is 48.7 Å². The van der Waals surface area contributed by atoms with Crippen molar-refractivity contribution in [2.45, 2.75) is 134 Å². The maximum Gasteiger partial charge on any atom is 0.245 e. The molecule has 4 amide bonds. The number of hydrogen-bond acceptors (Lipinski definition) is 9. The Morgan fingerprint density at radius 3 is 2.40 bits per heavy atom. The van der Waals surface area contributed by atoms with Crippen LogP contribution in [-0.4, -0.2) is 121 Å². The molecule has 3 aliphatic rings. The summed E-state index contributed by atoms with van der Waals surface area (Å²) in [7, 11) is 6.96. The second kappa shape index (κ2) is 21.5. The monoisotopic (exact) mass is 995 g/mol. The molecule has 11 unspecified atom stereocenters. The molecule has 2 aromatic rings. The predicted octanol–water partition coefficient (Wildman–Crippen LogP) is 5.77. The van der Waals surface area contributed by atoms with Gasteiger partial charge in [0.1, 0.15) is 11.0 Å². The van der Waals surface area contributed by atoms with Crippen molar-refractivity contribution in [1.29, 1.82) is 0 Å². The number of carbonyl (C=O) groups excluding carboxylic acids is 4. The van der Waals surface area contributed by atoms with Crippen LogP contribution in [-0.2, 0) is 55.5 Å². The number of benzene rings is 1. The number of rotatable bonds is 19. The molecule has 5 rings (SSSR count). The van der Waals surface area contributed by atoms with Crippen molar-refractivity contribution in [3.8, 4) is 0 Å². The Hall–Kier alpha value is -2.93. The van der Waals surface area contributed by atoms with Crippen molar-refractivity contribution in [1.82, 2.24) is 30.3 Å². The van der Waals surface area contributed by atoms with Crippen molar-refractivity contribution < 1.29 is 49.1 Å². The van der Waals surface area contributed by atoms with E-state index in [1.54, 1.807) is 44.5 Å². The van der Waals surface area contributed by atoms with Gasteiger partial charge in [0.15, 0.2) is 0 Å². The minimum atomic E-state index is -0.717. The molecule has 3 N–H and O–H groups in total. The van der Waals surface area contributed by atoms with Crippen LogP contribution in [0.1, 0.15) is 96.2 Å². The molecule has 1 aromatic heterocycles. The number of piperidine rings is 1. The van der Waals surface area contributed by atoms with Gasteiger partial charge in [-0.3, -0.25) is 24.1 Å². The number of amides is 4. The number of hydrogen-bond donors (Lipinski definition) is 2. The molecule has 1 aromatic carbocycles. The van der Waals surface area contributed by atoms with Crippen LogP contribution in [0.25, 0.3) is 5.73 Å². The Morgan fingerprint density at radius 2 is 1.81 bits per heavy atom. The average molecular weight is 995 g/mol. The molecule has 58 heavy (non-hydrogen) atoms. The number of likely N-dealkylation sites (tertiary alicyclic amines) is 2. The fourth-order valence-electron chi connectivity index (χ4n) is 9.73. The van der Waals surface area contributed by atoms with Gasteiger partial charge in [-0.15, -0.1) is 17.0 Å². The number of nitrogens with one attached hydrogen (secondary N) is 3. The van der Waals surface area contributed by atoms with Crippen LogP contribution in [0.2, 0.25) is 0 Å². The average Bonchev–Trinajstić information content (AvgIpc) is 4.02. The van der Waals surface area contributed by atoms with Crippen LogP contribution in [0, 0.1) is 23.7 Å². The molecule has 0 spiro atoms. The first kappa shape index (κ1) is 47.7. The SMILES string of the molecule is CCC(C)C(C(CC(=O)N1CCCC1C(OC)C(C)C(=O)NC(Cc1cccc([NH-])c1)c1nccs1)OC)N(C)C(=O)C(NC(=O)C1C2CCC(C2)N1C)C(C)C.[Re]. The number of aromatic nitrogens is 1. The Labute approximate surface area is 363 Å². The molecule has 1 radical (unpaired) electrons. The molecule has 1 saturated carbocycles. The number of nitrogens with zero attached hydrogens (tertiary/aromatic N) is 4. The minimum Gasteiger partial charge on any atom is -0.699 e. The van der Waals surface area contributed by atoms with E-state index in [2.05, 4.69) is 34.4 Å². The van der Waals surface area contributed by atoms with Crippen molar-refractivity contribution >= 4 is 40.7 Å². The number of thiazole rings is 1. The van der Waals surface area contributed by atoms with E-state index >= 15 is 0 Å². The number of likely N-dealkylation sites (N-methyl/N-ethyl adjacent to an activating group) is 2. The van der Waals surface area contributed by atoms with E-state index in [1.807, 2.05) is 50.2 Å². The van der Waals surface area contributed by atoms with E-state index in [-0.39, 0.29) is 80.4 Å². The maximum absolute atomic E-state index is 14.4. The van der Waals surface area contributed by atoms with Crippen molar-refractivity contribution in [2.75, 3.05) is 34.9 Å². The van der Waals surface area contributed by atoms with Crippen LogP contribution in [0.4, 0.5) is 5.69 Å². The fraction of sp³-hybridized carbons (Fsp3) is 0.698. The third-order valence-electron chi connectivity index (χ3n) is 13.1. The number of fused-ring (bicyclic) bond motifs is 2. The zero-order valence-electron chi connectivity index (χ0n) is 35.8. The molecule has 15 heteroatoms. The molecule has 11 atom stereocenters.